The van der Waals surface area contributed by atoms with E-state index < -0.39 is 0 Å². The van der Waals surface area contributed by atoms with Crippen LogP contribution < -0.4 is 10.9 Å². The van der Waals surface area contributed by atoms with E-state index in [0.29, 0.717) is 6.04 Å². The van der Waals surface area contributed by atoms with E-state index in [9.17, 15) is 0 Å². The fraction of sp³-hybridized carbons (Fsp3) is 0.636. The van der Waals surface area contributed by atoms with Gasteiger partial charge >= 0.3 is 0 Å². The van der Waals surface area contributed by atoms with Crippen molar-refractivity contribution in [1.29, 1.82) is 0 Å². The monoisotopic (exact) mass is 176 g/mol. The number of nitrogens with one attached hydrogen (secondary N) is 2. The molecule has 0 bridgehead atoms. The fourth-order valence-corrected chi connectivity index (χ4v) is 3.00. The van der Waals surface area contributed by atoms with Gasteiger partial charge in [0.25, 0.3) is 0 Å². The van der Waals surface area contributed by atoms with E-state index >= 15 is 0 Å². The van der Waals surface area contributed by atoms with Crippen molar-refractivity contribution in [2.24, 2.45) is 17.8 Å². The molecule has 3 rings (SSSR count). The van der Waals surface area contributed by atoms with E-state index in [2.05, 4.69) is 35.2 Å². The molecule has 13 heavy (non-hydrogen) atoms. The fourth-order valence-electron chi connectivity index (χ4n) is 3.00. The zero-order valence-corrected chi connectivity index (χ0v) is 7.74. The summed E-state index contributed by atoms with van der Waals surface area (Å²) in [6, 6.07) is 0.681. The minimum atomic E-state index is 0.681. The van der Waals surface area contributed by atoms with E-state index in [1.807, 2.05) is 0 Å². The standard InChI is InChI=1S/C11H16N2/c1-2-4-10-8(3-1)5-6-9-7-12-13-11(9)10/h1-4,8-13H,5-7H2. The Hall–Kier alpha value is -0.600. The summed E-state index contributed by atoms with van der Waals surface area (Å²) >= 11 is 0. The van der Waals surface area contributed by atoms with Crippen LogP contribution in [0.1, 0.15) is 12.8 Å². The van der Waals surface area contributed by atoms with Gasteiger partial charge in [-0.25, -0.2) is 0 Å². The normalized spacial score (nSPS) is 47.4. The highest BCUT2D eigenvalue weighted by Crippen LogP contribution is 2.38. The van der Waals surface area contributed by atoms with Gasteiger partial charge < -0.3 is 0 Å². The average Bonchev–Trinajstić information content (AvgIpc) is 2.65. The van der Waals surface area contributed by atoms with Crippen molar-refractivity contribution >= 4 is 0 Å². The molecule has 0 amide bonds. The first-order chi connectivity index (χ1) is 6.45. The first-order valence-electron chi connectivity index (χ1n) is 5.28. The highest BCUT2D eigenvalue weighted by Gasteiger charge is 2.39. The topological polar surface area (TPSA) is 24.1 Å². The van der Waals surface area contributed by atoms with Crippen molar-refractivity contribution in [2.75, 3.05) is 6.54 Å². The van der Waals surface area contributed by atoms with Crippen molar-refractivity contribution in [3.63, 3.8) is 0 Å². The Bertz CT molecular complexity index is 257. The summed E-state index contributed by atoms with van der Waals surface area (Å²) in [5, 5.41) is 0. The molecule has 3 aliphatic rings. The van der Waals surface area contributed by atoms with Gasteiger partial charge in [-0.1, -0.05) is 24.3 Å². The molecule has 0 aromatic rings. The third kappa shape index (κ3) is 1.17. The maximum atomic E-state index is 3.42. The highest BCUT2D eigenvalue weighted by atomic mass is 15.4. The summed E-state index contributed by atoms with van der Waals surface area (Å²) in [6.45, 7) is 1.16. The van der Waals surface area contributed by atoms with Gasteiger partial charge in [0, 0.05) is 18.5 Å². The minimum absolute atomic E-state index is 0.681. The molecular weight excluding hydrogens is 160 g/mol. The Balaban J connectivity index is 1.86. The van der Waals surface area contributed by atoms with Crippen molar-refractivity contribution in [1.82, 2.24) is 10.9 Å². The van der Waals surface area contributed by atoms with Gasteiger partial charge in [-0.3, -0.25) is 10.9 Å². The van der Waals surface area contributed by atoms with Gasteiger partial charge in [-0.05, 0) is 24.7 Å². The summed E-state index contributed by atoms with van der Waals surface area (Å²) < 4.78 is 0. The van der Waals surface area contributed by atoms with Crippen molar-refractivity contribution in [2.45, 2.75) is 18.9 Å². The van der Waals surface area contributed by atoms with Crippen LogP contribution in [0, 0.1) is 17.8 Å². The van der Waals surface area contributed by atoms with E-state index in [4.69, 9.17) is 0 Å². The van der Waals surface area contributed by atoms with Crippen molar-refractivity contribution in [3.8, 4) is 0 Å². The molecule has 2 N–H and O–H groups in total. The van der Waals surface area contributed by atoms with Crippen molar-refractivity contribution < 1.29 is 0 Å². The van der Waals surface area contributed by atoms with E-state index in [1.165, 1.54) is 12.8 Å². The van der Waals surface area contributed by atoms with Crippen LogP contribution in [0.15, 0.2) is 24.3 Å². The Morgan fingerprint density at radius 2 is 2.00 bits per heavy atom. The van der Waals surface area contributed by atoms with Gasteiger partial charge in [-0.15, -0.1) is 0 Å². The summed E-state index contributed by atoms with van der Waals surface area (Å²) in [7, 11) is 0. The predicted octanol–water partition coefficient (Wildman–Crippen LogP) is 1.23. The predicted molar refractivity (Wildman–Crippen MR) is 52.9 cm³/mol. The second-order valence-electron chi connectivity index (χ2n) is 4.40. The molecule has 1 aliphatic heterocycles. The lowest BCUT2D eigenvalue weighted by molar-refractivity contribution is 0.222. The average molecular weight is 176 g/mol. The van der Waals surface area contributed by atoms with E-state index in [-0.39, 0.29) is 0 Å². The third-order valence-electron chi connectivity index (χ3n) is 3.72. The van der Waals surface area contributed by atoms with Gasteiger partial charge in [0.15, 0.2) is 0 Å². The lowest BCUT2D eigenvalue weighted by Gasteiger charge is -2.37. The number of hydrogen-bond acceptors (Lipinski definition) is 2. The molecule has 4 unspecified atom stereocenters. The molecule has 1 saturated carbocycles. The van der Waals surface area contributed by atoms with Crippen LogP contribution in [-0.2, 0) is 0 Å². The van der Waals surface area contributed by atoms with E-state index in [1.54, 1.807) is 0 Å². The Labute approximate surface area is 79.1 Å². The Morgan fingerprint density at radius 3 is 3.00 bits per heavy atom. The number of allylic oxidation sites excluding steroid dienone is 3. The Morgan fingerprint density at radius 1 is 1.08 bits per heavy atom. The number of hydrazine groups is 1. The molecule has 70 valence electrons. The van der Waals surface area contributed by atoms with Crippen LogP contribution in [-0.4, -0.2) is 12.6 Å². The largest absolute Gasteiger partial charge is 0.257 e. The Kier molecular flexibility index (Phi) is 1.77. The van der Waals surface area contributed by atoms with Crippen LogP contribution >= 0.6 is 0 Å². The molecule has 0 spiro atoms. The first kappa shape index (κ1) is 7.77. The molecule has 2 nitrogen and oxygen atoms in total. The lowest BCUT2D eigenvalue weighted by atomic mass is 9.70. The van der Waals surface area contributed by atoms with Gasteiger partial charge in [0.05, 0.1) is 0 Å². The number of hydrogen-bond donors (Lipinski definition) is 2. The molecule has 0 radical (unpaired) electrons. The molecule has 2 heteroatoms. The van der Waals surface area contributed by atoms with Gasteiger partial charge in [0.1, 0.15) is 0 Å². The van der Waals surface area contributed by atoms with Crippen LogP contribution in [0.5, 0.6) is 0 Å². The summed E-state index contributed by atoms with van der Waals surface area (Å²) in [6.07, 6.45) is 11.9. The zero-order chi connectivity index (χ0) is 8.67. The first-order valence-corrected chi connectivity index (χ1v) is 5.28. The SMILES string of the molecule is C1=CC2CCC3CNNC3C2C=C1. The maximum Gasteiger partial charge on any atom is 0.0322 e. The molecule has 0 aromatic carbocycles. The molecule has 2 fully saturated rings. The van der Waals surface area contributed by atoms with E-state index in [0.717, 1.165) is 24.3 Å². The van der Waals surface area contributed by atoms with Crippen LogP contribution in [0.4, 0.5) is 0 Å². The maximum absolute atomic E-state index is 3.42. The van der Waals surface area contributed by atoms with Gasteiger partial charge in [-0.2, -0.15) is 0 Å². The smallest absolute Gasteiger partial charge is 0.0322 e. The van der Waals surface area contributed by atoms with Crippen molar-refractivity contribution in [3.05, 3.63) is 24.3 Å². The molecule has 0 aromatic heterocycles. The quantitative estimate of drug-likeness (QED) is 0.580. The molecule has 1 saturated heterocycles. The third-order valence-corrected chi connectivity index (χ3v) is 3.72. The van der Waals surface area contributed by atoms with Crippen LogP contribution in [0.25, 0.3) is 0 Å². The second-order valence-corrected chi connectivity index (χ2v) is 4.40. The molecular formula is C11H16N2. The second kappa shape index (κ2) is 2.96. The number of rotatable bonds is 0. The molecule has 2 aliphatic carbocycles. The van der Waals surface area contributed by atoms with Crippen LogP contribution in [0.2, 0.25) is 0 Å². The zero-order valence-electron chi connectivity index (χ0n) is 7.74. The molecule has 1 heterocycles. The summed E-state index contributed by atoms with van der Waals surface area (Å²) in [5.74, 6) is 2.38. The summed E-state index contributed by atoms with van der Waals surface area (Å²) in [5.41, 5.74) is 6.71. The highest BCUT2D eigenvalue weighted by molar-refractivity contribution is 5.18. The summed E-state index contributed by atoms with van der Waals surface area (Å²) in [4.78, 5) is 0. The minimum Gasteiger partial charge on any atom is -0.257 e. The van der Waals surface area contributed by atoms with Crippen LogP contribution in [0.3, 0.4) is 0 Å². The lowest BCUT2D eigenvalue weighted by Crippen LogP contribution is -2.43. The number of fused-ring (bicyclic) bond motifs is 3. The van der Waals surface area contributed by atoms with Gasteiger partial charge in [0.2, 0.25) is 0 Å². The molecule has 4 atom stereocenters.